The molecule has 0 N–H and O–H groups in total. The van der Waals surface area contributed by atoms with Gasteiger partial charge in [-0.25, -0.2) is 0 Å². The molecule has 1 heterocycles. The SMILES string of the molecule is CCCN(CCC)[C@H]1[C@H](OC(C)=O)O[C@H](COC(C)=O)[C@@H](OC(C)=O)[C@@H]1OC(C)=O. The highest BCUT2D eigenvalue weighted by Gasteiger charge is 2.53. The molecule has 30 heavy (non-hydrogen) atoms. The van der Waals surface area contributed by atoms with E-state index >= 15 is 0 Å². The molecule has 0 aliphatic carbocycles. The summed E-state index contributed by atoms with van der Waals surface area (Å²) < 4.78 is 27.4. The Morgan fingerprint density at radius 1 is 0.767 bits per heavy atom. The third kappa shape index (κ3) is 7.91. The van der Waals surface area contributed by atoms with Crippen LogP contribution in [0.4, 0.5) is 0 Å². The average Bonchev–Trinajstić information content (AvgIpc) is 2.61. The van der Waals surface area contributed by atoms with E-state index in [1.165, 1.54) is 27.7 Å². The highest BCUT2D eigenvalue weighted by molar-refractivity contribution is 5.68. The number of carbonyl (C=O) groups is 4. The van der Waals surface area contributed by atoms with E-state index in [1.807, 2.05) is 18.7 Å². The third-order valence-corrected chi connectivity index (χ3v) is 4.39. The van der Waals surface area contributed by atoms with Crippen molar-refractivity contribution in [2.24, 2.45) is 0 Å². The van der Waals surface area contributed by atoms with Gasteiger partial charge in [0.25, 0.3) is 0 Å². The Hall–Kier alpha value is -2.20. The first kappa shape index (κ1) is 25.8. The van der Waals surface area contributed by atoms with Gasteiger partial charge in [-0.05, 0) is 25.9 Å². The summed E-state index contributed by atoms with van der Waals surface area (Å²) in [4.78, 5) is 48.8. The Labute approximate surface area is 177 Å². The highest BCUT2D eigenvalue weighted by atomic mass is 16.7. The normalized spacial score (nSPS) is 26.0. The van der Waals surface area contributed by atoms with Crippen molar-refractivity contribution in [2.75, 3.05) is 19.7 Å². The number of nitrogens with zero attached hydrogens (tertiary/aromatic N) is 1. The number of carbonyl (C=O) groups excluding carboxylic acids is 4. The Morgan fingerprint density at radius 2 is 1.27 bits per heavy atom. The van der Waals surface area contributed by atoms with Gasteiger partial charge in [0.2, 0.25) is 6.29 Å². The summed E-state index contributed by atoms with van der Waals surface area (Å²) in [5, 5.41) is 0. The molecular formula is C20H33NO9. The summed E-state index contributed by atoms with van der Waals surface area (Å²) in [5.41, 5.74) is 0. The molecule has 1 aliphatic heterocycles. The van der Waals surface area contributed by atoms with Gasteiger partial charge in [-0.15, -0.1) is 0 Å². The molecule has 0 aromatic heterocycles. The Balaban J connectivity index is 3.43. The lowest BCUT2D eigenvalue weighted by Gasteiger charge is -2.48. The van der Waals surface area contributed by atoms with Crippen molar-refractivity contribution in [3.05, 3.63) is 0 Å². The van der Waals surface area contributed by atoms with Gasteiger partial charge in [0, 0.05) is 27.7 Å². The molecule has 1 saturated heterocycles. The van der Waals surface area contributed by atoms with Gasteiger partial charge in [-0.2, -0.15) is 0 Å². The Bertz CT molecular complexity index is 603. The second-order valence-electron chi connectivity index (χ2n) is 7.13. The first-order valence-electron chi connectivity index (χ1n) is 10.1. The van der Waals surface area contributed by atoms with Gasteiger partial charge in [-0.3, -0.25) is 24.1 Å². The zero-order chi connectivity index (χ0) is 22.8. The van der Waals surface area contributed by atoms with Crippen LogP contribution in [-0.4, -0.2) is 79.1 Å². The maximum atomic E-state index is 11.9. The van der Waals surface area contributed by atoms with Crippen molar-refractivity contribution < 1.29 is 42.9 Å². The van der Waals surface area contributed by atoms with Crippen molar-refractivity contribution in [2.45, 2.75) is 85.0 Å². The Morgan fingerprint density at radius 3 is 1.70 bits per heavy atom. The van der Waals surface area contributed by atoms with Gasteiger partial charge < -0.3 is 23.7 Å². The molecule has 5 atom stereocenters. The second-order valence-corrected chi connectivity index (χ2v) is 7.13. The lowest BCUT2D eigenvalue weighted by Crippen LogP contribution is -2.67. The van der Waals surface area contributed by atoms with Gasteiger partial charge >= 0.3 is 23.9 Å². The van der Waals surface area contributed by atoms with Crippen LogP contribution in [0.5, 0.6) is 0 Å². The van der Waals surface area contributed by atoms with Crippen LogP contribution in [0.25, 0.3) is 0 Å². The van der Waals surface area contributed by atoms with E-state index in [1.54, 1.807) is 0 Å². The standard InChI is InChI=1S/C20H33NO9/c1-7-9-21(10-8-2)17-19(28-14(5)24)18(27-13(4)23)16(11-26-12(3)22)30-20(17)29-15(6)25/h16-20H,7-11H2,1-6H3/t16-,17-,18-,19-,20-/m1/s1. The van der Waals surface area contributed by atoms with E-state index in [0.717, 1.165) is 12.8 Å². The summed E-state index contributed by atoms with van der Waals surface area (Å²) in [7, 11) is 0. The number of rotatable bonds is 10. The lowest BCUT2D eigenvalue weighted by molar-refractivity contribution is -0.285. The van der Waals surface area contributed by atoms with E-state index in [2.05, 4.69) is 0 Å². The minimum atomic E-state index is -1.11. The first-order chi connectivity index (χ1) is 14.1. The van der Waals surface area contributed by atoms with Crippen LogP contribution in [0.15, 0.2) is 0 Å². The smallest absolute Gasteiger partial charge is 0.304 e. The van der Waals surface area contributed by atoms with Crippen LogP contribution in [-0.2, 0) is 42.9 Å². The molecule has 10 nitrogen and oxygen atoms in total. The van der Waals surface area contributed by atoms with E-state index in [0.29, 0.717) is 13.1 Å². The fraction of sp³-hybridized carbons (Fsp3) is 0.800. The number of hydrogen-bond acceptors (Lipinski definition) is 10. The van der Waals surface area contributed by atoms with Crippen LogP contribution < -0.4 is 0 Å². The second kappa shape index (κ2) is 12.5. The van der Waals surface area contributed by atoms with E-state index in [9.17, 15) is 19.2 Å². The Kier molecular flexibility index (Phi) is 10.8. The van der Waals surface area contributed by atoms with Crippen LogP contribution in [0.2, 0.25) is 0 Å². The lowest BCUT2D eigenvalue weighted by atomic mass is 9.94. The van der Waals surface area contributed by atoms with Gasteiger partial charge in [0.05, 0.1) is 0 Å². The molecule has 0 aromatic rings. The van der Waals surface area contributed by atoms with Gasteiger partial charge in [0.15, 0.2) is 12.2 Å². The molecule has 10 heteroatoms. The zero-order valence-corrected chi connectivity index (χ0v) is 18.5. The van der Waals surface area contributed by atoms with Crippen molar-refractivity contribution in [1.82, 2.24) is 4.90 Å². The molecule has 1 rings (SSSR count). The molecule has 0 saturated carbocycles. The highest BCUT2D eigenvalue weighted by Crippen LogP contribution is 2.31. The van der Waals surface area contributed by atoms with Crippen molar-refractivity contribution >= 4 is 23.9 Å². The first-order valence-corrected chi connectivity index (χ1v) is 10.1. The van der Waals surface area contributed by atoms with Crippen LogP contribution >= 0.6 is 0 Å². The van der Waals surface area contributed by atoms with E-state index < -0.39 is 54.5 Å². The molecule has 0 radical (unpaired) electrons. The molecule has 0 bridgehead atoms. The molecule has 0 amide bonds. The quantitative estimate of drug-likeness (QED) is 0.369. The van der Waals surface area contributed by atoms with Crippen LogP contribution in [0.3, 0.4) is 0 Å². The van der Waals surface area contributed by atoms with E-state index in [4.69, 9.17) is 23.7 Å². The zero-order valence-electron chi connectivity index (χ0n) is 18.5. The van der Waals surface area contributed by atoms with Gasteiger partial charge in [-0.1, -0.05) is 13.8 Å². The van der Waals surface area contributed by atoms with E-state index in [-0.39, 0.29) is 6.61 Å². The maximum absolute atomic E-state index is 11.9. The summed E-state index contributed by atoms with van der Waals surface area (Å²) >= 11 is 0. The van der Waals surface area contributed by atoms with Crippen molar-refractivity contribution in [3.8, 4) is 0 Å². The molecule has 1 fully saturated rings. The van der Waals surface area contributed by atoms with Crippen molar-refractivity contribution in [3.63, 3.8) is 0 Å². The summed E-state index contributed by atoms with van der Waals surface area (Å²) in [6.07, 6.45) is -2.59. The molecule has 0 aromatic carbocycles. The summed E-state index contributed by atoms with van der Waals surface area (Å²) in [6, 6.07) is -0.712. The molecule has 0 spiro atoms. The van der Waals surface area contributed by atoms with Crippen LogP contribution in [0, 0.1) is 0 Å². The summed E-state index contributed by atoms with van der Waals surface area (Å²) in [6.45, 7) is 9.85. The monoisotopic (exact) mass is 431 g/mol. The fourth-order valence-corrected chi connectivity index (χ4v) is 3.51. The molecule has 172 valence electrons. The minimum Gasteiger partial charge on any atom is -0.463 e. The maximum Gasteiger partial charge on any atom is 0.304 e. The topological polar surface area (TPSA) is 118 Å². The summed E-state index contributed by atoms with van der Waals surface area (Å²) in [5.74, 6) is -2.36. The third-order valence-electron chi connectivity index (χ3n) is 4.39. The largest absolute Gasteiger partial charge is 0.463 e. The number of hydrogen-bond donors (Lipinski definition) is 0. The van der Waals surface area contributed by atoms with Crippen molar-refractivity contribution in [1.29, 1.82) is 0 Å². The number of esters is 4. The average molecular weight is 431 g/mol. The molecule has 1 aliphatic rings. The number of ether oxygens (including phenoxy) is 5. The predicted molar refractivity (Wildman–Crippen MR) is 104 cm³/mol. The fourth-order valence-electron chi connectivity index (χ4n) is 3.51. The molecular weight excluding hydrogens is 398 g/mol. The molecule has 0 unspecified atom stereocenters. The minimum absolute atomic E-state index is 0.267. The van der Waals surface area contributed by atoms with Crippen LogP contribution in [0.1, 0.15) is 54.4 Å². The predicted octanol–water partition coefficient (Wildman–Crippen LogP) is 1.19. The van der Waals surface area contributed by atoms with Gasteiger partial charge in [0.1, 0.15) is 18.8 Å².